The second-order valence-corrected chi connectivity index (χ2v) is 8.60. The van der Waals surface area contributed by atoms with Crippen molar-refractivity contribution in [1.29, 1.82) is 0 Å². The number of aromatic nitrogens is 3. The van der Waals surface area contributed by atoms with Crippen LogP contribution in [0.3, 0.4) is 0 Å². The van der Waals surface area contributed by atoms with Crippen molar-refractivity contribution in [3.63, 3.8) is 0 Å². The van der Waals surface area contributed by atoms with E-state index in [9.17, 15) is 9.90 Å². The third-order valence-electron chi connectivity index (χ3n) is 4.20. The Morgan fingerprint density at radius 2 is 2.15 bits per heavy atom. The molecule has 3 N–H and O–H groups in total. The summed E-state index contributed by atoms with van der Waals surface area (Å²) in [6.45, 7) is 6.64. The highest BCUT2D eigenvalue weighted by molar-refractivity contribution is 7.71. The molecular formula is C19H22N4O2S2. The van der Waals surface area contributed by atoms with E-state index >= 15 is 0 Å². The summed E-state index contributed by atoms with van der Waals surface area (Å²) < 4.78 is 2.29. The van der Waals surface area contributed by atoms with E-state index in [1.54, 1.807) is 17.4 Å². The van der Waals surface area contributed by atoms with Crippen molar-refractivity contribution in [3.05, 3.63) is 46.0 Å². The molecule has 0 radical (unpaired) electrons. The lowest BCUT2D eigenvalue weighted by molar-refractivity contribution is -0.116. The van der Waals surface area contributed by atoms with Crippen LogP contribution in [0.15, 0.2) is 35.7 Å². The fraction of sp³-hybridized carbons (Fsp3) is 0.316. The maximum absolute atomic E-state index is 12.4. The van der Waals surface area contributed by atoms with E-state index in [0.29, 0.717) is 17.0 Å². The van der Waals surface area contributed by atoms with Crippen LogP contribution in [0, 0.1) is 4.77 Å². The summed E-state index contributed by atoms with van der Waals surface area (Å²) >= 11 is 6.85. The van der Waals surface area contributed by atoms with Gasteiger partial charge in [-0.1, -0.05) is 32.9 Å². The van der Waals surface area contributed by atoms with Crippen LogP contribution in [0.2, 0.25) is 0 Å². The Morgan fingerprint density at radius 3 is 2.81 bits per heavy atom. The molecular weight excluding hydrogens is 380 g/mol. The predicted octanol–water partition coefficient (Wildman–Crippen LogP) is 4.70. The number of nitrogens with zero attached hydrogens (tertiary/aromatic N) is 2. The van der Waals surface area contributed by atoms with Crippen LogP contribution in [0.5, 0.6) is 5.75 Å². The third-order valence-corrected chi connectivity index (χ3v) is 5.38. The molecule has 142 valence electrons. The van der Waals surface area contributed by atoms with E-state index in [1.165, 1.54) is 0 Å². The van der Waals surface area contributed by atoms with Gasteiger partial charge in [-0.25, -0.2) is 0 Å². The average molecular weight is 403 g/mol. The molecule has 0 atom stereocenters. The van der Waals surface area contributed by atoms with Gasteiger partial charge in [0.2, 0.25) is 5.91 Å². The van der Waals surface area contributed by atoms with Gasteiger partial charge < -0.3 is 10.4 Å². The highest BCUT2D eigenvalue weighted by Gasteiger charge is 2.17. The van der Waals surface area contributed by atoms with E-state index in [1.807, 2.05) is 34.2 Å². The Balaban J connectivity index is 1.72. The van der Waals surface area contributed by atoms with Crippen molar-refractivity contribution < 1.29 is 9.90 Å². The van der Waals surface area contributed by atoms with Crippen LogP contribution in [0.1, 0.15) is 32.8 Å². The lowest BCUT2D eigenvalue weighted by atomic mass is 9.87. The average Bonchev–Trinajstić information content (AvgIpc) is 3.23. The van der Waals surface area contributed by atoms with Gasteiger partial charge in [-0.15, -0.1) is 11.3 Å². The quantitative estimate of drug-likeness (QED) is 0.427. The Kier molecular flexibility index (Phi) is 5.48. The summed E-state index contributed by atoms with van der Waals surface area (Å²) in [5.41, 5.74) is 1.38. The second-order valence-electron chi connectivity index (χ2n) is 7.26. The first-order valence-corrected chi connectivity index (χ1v) is 9.87. The summed E-state index contributed by atoms with van der Waals surface area (Å²) in [4.78, 5) is 13.4. The molecule has 0 aliphatic carbocycles. The lowest BCUT2D eigenvalue weighted by Crippen LogP contribution is -2.16. The van der Waals surface area contributed by atoms with Gasteiger partial charge in [-0.05, 0) is 46.8 Å². The van der Waals surface area contributed by atoms with Crippen LogP contribution in [0.4, 0.5) is 5.69 Å². The Morgan fingerprint density at radius 1 is 1.37 bits per heavy atom. The van der Waals surface area contributed by atoms with Gasteiger partial charge in [0.25, 0.3) is 0 Å². The van der Waals surface area contributed by atoms with Crippen LogP contribution in [0.25, 0.3) is 10.7 Å². The molecule has 1 aromatic carbocycles. The topological polar surface area (TPSA) is 82.9 Å². The number of amides is 1. The highest BCUT2D eigenvalue weighted by atomic mass is 32.1. The molecule has 0 aliphatic heterocycles. The molecule has 3 rings (SSSR count). The maximum Gasteiger partial charge on any atom is 0.226 e. The second kappa shape index (κ2) is 7.66. The summed E-state index contributed by atoms with van der Waals surface area (Å²) in [5, 5.41) is 21.9. The number of phenols is 1. The van der Waals surface area contributed by atoms with Crippen LogP contribution in [-0.2, 0) is 16.8 Å². The number of phenolic OH excluding ortho intramolecular Hbond substituents is 1. The fourth-order valence-corrected chi connectivity index (χ4v) is 3.59. The highest BCUT2D eigenvalue weighted by Crippen LogP contribution is 2.31. The number of H-pyrrole nitrogens is 1. The summed E-state index contributed by atoms with van der Waals surface area (Å²) in [6.07, 6.45) is 0.214. The number of hydrogen-bond donors (Lipinski definition) is 3. The number of carbonyl (C=O) groups excluding carboxylic acids is 1. The molecule has 1 amide bonds. The number of aromatic hydroxyl groups is 1. The molecule has 0 bridgehead atoms. The van der Waals surface area contributed by atoms with Gasteiger partial charge in [0.05, 0.1) is 10.6 Å². The van der Waals surface area contributed by atoms with Gasteiger partial charge >= 0.3 is 0 Å². The Hall–Kier alpha value is -2.45. The maximum atomic E-state index is 12.4. The normalized spacial score (nSPS) is 11.5. The van der Waals surface area contributed by atoms with Crippen molar-refractivity contribution in [1.82, 2.24) is 14.8 Å². The molecule has 6 nitrogen and oxygen atoms in total. The molecule has 0 saturated heterocycles. The predicted molar refractivity (Wildman–Crippen MR) is 111 cm³/mol. The minimum atomic E-state index is -0.198. The monoisotopic (exact) mass is 402 g/mol. The molecule has 0 saturated carbocycles. The van der Waals surface area contributed by atoms with E-state index < -0.39 is 0 Å². The Bertz CT molecular complexity index is 998. The number of hydrogen-bond acceptors (Lipinski definition) is 5. The smallest absolute Gasteiger partial charge is 0.226 e. The number of carbonyl (C=O) groups is 1. The van der Waals surface area contributed by atoms with Gasteiger partial charge in [0, 0.05) is 13.0 Å². The van der Waals surface area contributed by atoms with Crippen molar-refractivity contribution in [3.8, 4) is 16.5 Å². The summed E-state index contributed by atoms with van der Waals surface area (Å²) in [6, 6.07) is 9.19. The van der Waals surface area contributed by atoms with Crippen LogP contribution in [-0.4, -0.2) is 25.8 Å². The minimum Gasteiger partial charge on any atom is -0.506 e. The molecule has 0 fully saturated rings. The molecule has 8 heteroatoms. The number of benzene rings is 1. The Labute approximate surface area is 166 Å². The molecule has 2 aromatic heterocycles. The molecule has 2 heterocycles. The fourth-order valence-electron chi connectivity index (χ4n) is 2.65. The van der Waals surface area contributed by atoms with E-state index in [2.05, 4.69) is 36.3 Å². The van der Waals surface area contributed by atoms with Gasteiger partial charge in [-0.2, -0.15) is 5.10 Å². The van der Waals surface area contributed by atoms with E-state index in [0.717, 1.165) is 16.3 Å². The molecule has 0 spiro atoms. The number of thiophene rings is 1. The first-order chi connectivity index (χ1) is 12.8. The first kappa shape index (κ1) is 19.3. The van der Waals surface area contributed by atoms with Gasteiger partial charge in [0.1, 0.15) is 5.75 Å². The minimum absolute atomic E-state index is 0.0514. The zero-order valence-corrected chi connectivity index (χ0v) is 17.1. The summed E-state index contributed by atoms with van der Waals surface area (Å²) in [7, 11) is 0. The standard InChI is InChI=1S/C19H22N4O2S2/c1-19(2,3)12-6-7-14(24)13(11-12)20-16(25)8-9-23-17(21-22-18(23)26)15-5-4-10-27-15/h4-7,10-11,24H,8-9H2,1-3H3,(H,20,25)(H,22,26). The lowest BCUT2D eigenvalue weighted by Gasteiger charge is -2.20. The number of anilines is 1. The van der Waals surface area contributed by atoms with Gasteiger partial charge in [-0.3, -0.25) is 14.5 Å². The van der Waals surface area contributed by atoms with Crippen LogP contribution >= 0.6 is 23.6 Å². The number of nitrogens with one attached hydrogen (secondary N) is 2. The van der Waals surface area contributed by atoms with Crippen molar-refractivity contribution >= 4 is 35.1 Å². The summed E-state index contributed by atoms with van der Waals surface area (Å²) in [5.74, 6) is 0.576. The first-order valence-electron chi connectivity index (χ1n) is 8.58. The zero-order chi connectivity index (χ0) is 19.6. The SMILES string of the molecule is CC(C)(C)c1ccc(O)c(NC(=O)CCn2c(-c3cccs3)n[nH]c2=S)c1. The van der Waals surface area contributed by atoms with Crippen molar-refractivity contribution in [2.75, 3.05) is 5.32 Å². The van der Waals surface area contributed by atoms with E-state index in [-0.39, 0.29) is 23.5 Å². The molecule has 0 unspecified atom stereocenters. The largest absolute Gasteiger partial charge is 0.506 e. The van der Waals surface area contributed by atoms with Gasteiger partial charge in [0.15, 0.2) is 10.6 Å². The van der Waals surface area contributed by atoms with E-state index in [4.69, 9.17) is 12.2 Å². The molecule has 0 aliphatic rings. The van der Waals surface area contributed by atoms with Crippen molar-refractivity contribution in [2.45, 2.75) is 39.2 Å². The number of aromatic amines is 1. The number of rotatable bonds is 5. The van der Waals surface area contributed by atoms with Crippen LogP contribution < -0.4 is 5.32 Å². The third kappa shape index (κ3) is 4.45. The van der Waals surface area contributed by atoms with Crippen molar-refractivity contribution in [2.24, 2.45) is 0 Å². The molecule has 3 aromatic rings. The zero-order valence-electron chi connectivity index (χ0n) is 15.4. The molecule has 27 heavy (non-hydrogen) atoms.